The van der Waals surface area contributed by atoms with Crippen LogP contribution >= 0.6 is 11.3 Å². The number of carbonyl (C=O) groups excluding carboxylic acids is 1. The van der Waals surface area contributed by atoms with Gasteiger partial charge in [0.1, 0.15) is 0 Å². The van der Waals surface area contributed by atoms with Crippen LogP contribution in [0.5, 0.6) is 0 Å². The lowest BCUT2D eigenvalue weighted by atomic mass is 10.2. The molecular formula is C14H18N2O3S. The Balaban J connectivity index is 1.82. The van der Waals surface area contributed by atoms with Gasteiger partial charge in [-0.1, -0.05) is 12.8 Å². The van der Waals surface area contributed by atoms with E-state index in [9.17, 15) is 9.59 Å². The molecule has 0 saturated heterocycles. The first-order valence-electron chi connectivity index (χ1n) is 6.67. The van der Waals surface area contributed by atoms with E-state index in [1.165, 1.54) is 24.2 Å². The predicted octanol–water partition coefficient (Wildman–Crippen LogP) is 2.59. The molecule has 1 aliphatic carbocycles. The van der Waals surface area contributed by atoms with Crippen molar-refractivity contribution in [1.29, 1.82) is 0 Å². The molecule has 1 aromatic rings. The van der Waals surface area contributed by atoms with E-state index in [0.717, 1.165) is 29.4 Å². The summed E-state index contributed by atoms with van der Waals surface area (Å²) < 4.78 is 0. The molecule has 0 unspecified atom stereocenters. The molecule has 0 spiro atoms. The fourth-order valence-electron chi connectivity index (χ4n) is 2.27. The van der Waals surface area contributed by atoms with Gasteiger partial charge in [0, 0.05) is 17.0 Å². The number of carbonyl (C=O) groups is 2. The molecule has 1 saturated carbocycles. The van der Waals surface area contributed by atoms with Gasteiger partial charge in [-0.15, -0.1) is 11.3 Å². The average Bonchev–Trinajstić information content (AvgIpc) is 3.04. The summed E-state index contributed by atoms with van der Waals surface area (Å²) in [6.45, 7) is 0.412. The van der Waals surface area contributed by atoms with Crippen LogP contribution in [0.1, 0.15) is 36.1 Å². The van der Waals surface area contributed by atoms with Gasteiger partial charge in [0.05, 0.1) is 6.54 Å². The van der Waals surface area contributed by atoms with Crippen molar-refractivity contribution in [3.05, 3.63) is 28.0 Å². The van der Waals surface area contributed by atoms with Gasteiger partial charge in [-0.3, -0.25) is 0 Å². The predicted molar refractivity (Wildman–Crippen MR) is 78.6 cm³/mol. The minimum absolute atomic E-state index is 0.154. The highest BCUT2D eigenvalue weighted by atomic mass is 32.1. The van der Waals surface area contributed by atoms with Crippen LogP contribution in [-0.4, -0.2) is 23.1 Å². The number of carboxylic acids is 1. The molecule has 0 radical (unpaired) electrons. The van der Waals surface area contributed by atoms with Gasteiger partial charge >= 0.3 is 12.0 Å². The van der Waals surface area contributed by atoms with E-state index < -0.39 is 5.97 Å². The highest BCUT2D eigenvalue weighted by Crippen LogP contribution is 2.19. The summed E-state index contributed by atoms with van der Waals surface area (Å²) in [5, 5.41) is 16.3. The standard InChI is InChI=1S/C14H18N2O3S/c17-13(18)6-5-10-7-8-20-12(10)9-15-14(19)16-11-3-1-2-4-11/h5-8,11H,1-4,9H2,(H,17,18)(H2,15,16,19)/b6-5+. The lowest BCUT2D eigenvalue weighted by Gasteiger charge is -2.12. The van der Waals surface area contributed by atoms with Gasteiger partial charge in [-0.25, -0.2) is 9.59 Å². The zero-order valence-corrected chi connectivity index (χ0v) is 11.9. The largest absolute Gasteiger partial charge is 0.478 e. The Hall–Kier alpha value is -1.82. The van der Waals surface area contributed by atoms with Crippen LogP contribution in [0.4, 0.5) is 4.79 Å². The Kier molecular flexibility index (Phi) is 5.17. The number of hydrogen-bond acceptors (Lipinski definition) is 3. The van der Waals surface area contributed by atoms with Crippen LogP contribution in [0.15, 0.2) is 17.5 Å². The Bertz CT molecular complexity index is 504. The zero-order chi connectivity index (χ0) is 14.4. The quantitative estimate of drug-likeness (QED) is 0.730. The van der Waals surface area contributed by atoms with Crippen molar-refractivity contribution < 1.29 is 14.7 Å². The van der Waals surface area contributed by atoms with E-state index in [1.807, 2.05) is 11.4 Å². The number of carboxylic acid groups (broad SMARTS) is 1. The Morgan fingerprint density at radius 1 is 1.40 bits per heavy atom. The van der Waals surface area contributed by atoms with Crippen molar-refractivity contribution in [2.24, 2.45) is 0 Å². The smallest absolute Gasteiger partial charge is 0.328 e. The second-order valence-electron chi connectivity index (χ2n) is 4.78. The van der Waals surface area contributed by atoms with Crippen molar-refractivity contribution in [3.8, 4) is 0 Å². The first-order chi connectivity index (χ1) is 9.65. The first kappa shape index (κ1) is 14.6. The molecule has 6 heteroatoms. The molecule has 2 rings (SSSR count). The number of nitrogens with one attached hydrogen (secondary N) is 2. The first-order valence-corrected chi connectivity index (χ1v) is 7.55. The van der Waals surface area contributed by atoms with Gasteiger partial charge in [-0.05, 0) is 35.9 Å². The van der Waals surface area contributed by atoms with Crippen LogP contribution in [0.3, 0.4) is 0 Å². The van der Waals surface area contributed by atoms with E-state index in [1.54, 1.807) is 6.08 Å². The molecule has 5 nitrogen and oxygen atoms in total. The molecule has 0 atom stereocenters. The molecule has 1 heterocycles. The monoisotopic (exact) mass is 294 g/mol. The molecule has 1 aromatic heterocycles. The minimum atomic E-state index is -0.978. The molecule has 1 fully saturated rings. The van der Waals surface area contributed by atoms with Gasteiger partial charge in [0.15, 0.2) is 0 Å². The van der Waals surface area contributed by atoms with Crippen LogP contribution in [0.2, 0.25) is 0 Å². The normalized spacial score (nSPS) is 15.6. The molecule has 1 aliphatic rings. The van der Waals surface area contributed by atoms with Crippen LogP contribution < -0.4 is 10.6 Å². The van der Waals surface area contributed by atoms with Crippen LogP contribution in [0.25, 0.3) is 6.08 Å². The molecular weight excluding hydrogens is 276 g/mol. The maximum atomic E-state index is 11.7. The Morgan fingerprint density at radius 2 is 2.15 bits per heavy atom. The maximum absolute atomic E-state index is 11.7. The number of rotatable bonds is 5. The molecule has 20 heavy (non-hydrogen) atoms. The number of amides is 2. The summed E-state index contributed by atoms with van der Waals surface area (Å²) in [7, 11) is 0. The molecule has 0 aromatic carbocycles. The Morgan fingerprint density at radius 3 is 2.85 bits per heavy atom. The number of hydrogen-bond donors (Lipinski definition) is 3. The van der Waals surface area contributed by atoms with E-state index >= 15 is 0 Å². The number of aliphatic carboxylic acids is 1. The Labute approximate surface area is 121 Å². The van der Waals surface area contributed by atoms with E-state index in [-0.39, 0.29) is 6.03 Å². The summed E-state index contributed by atoms with van der Waals surface area (Å²) in [5.74, 6) is -0.978. The molecule has 3 N–H and O–H groups in total. The highest BCUT2D eigenvalue weighted by molar-refractivity contribution is 7.10. The summed E-state index contributed by atoms with van der Waals surface area (Å²) in [6, 6.07) is 1.99. The van der Waals surface area contributed by atoms with Gasteiger partial charge in [-0.2, -0.15) is 0 Å². The SMILES string of the molecule is O=C(O)/C=C/c1ccsc1CNC(=O)NC1CCCC1. The van der Waals surface area contributed by atoms with E-state index in [2.05, 4.69) is 10.6 Å². The highest BCUT2D eigenvalue weighted by Gasteiger charge is 2.16. The van der Waals surface area contributed by atoms with Crippen molar-refractivity contribution >= 4 is 29.4 Å². The average molecular weight is 294 g/mol. The number of thiophene rings is 1. The van der Waals surface area contributed by atoms with Gasteiger partial charge in [0.2, 0.25) is 0 Å². The van der Waals surface area contributed by atoms with Gasteiger partial charge < -0.3 is 15.7 Å². The van der Waals surface area contributed by atoms with Crippen LogP contribution in [-0.2, 0) is 11.3 Å². The minimum Gasteiger partial charge on any atom is -0.478 e. The maximum Gasteiger partial charge on any atom is 0.328 e. The third-order valence-electron chi connectivity index (χ3n) is 3.29. The third kappa shape index (κ3) is 4.38. The fourth-order valence-corrected chi connectivity index (χ4v) is 3.08. The van der Waals surface area contributed by atoms with Crippen molar-refractivity contribution in [2.45, 2.75) is 38.3 Å². The molecule has 2 amide bonds. The summed E-state index contributed by atoms with van der Waals surface area (Å²) in [5.41, 5.74) is 0.832. The molecule has 0 aliphatic heterocycles. The van der Waals surface area contributed by atoms with Crippen molar-refractivity contribution in [3.63, 3.8) is 0 Å². The lowest BCUT2D eigenvalue weighted by molar-refractivity contribution is -0.131. The fraction of sp³-hybridized carbons (Fsp3) is 0.429. The third-order valence-corrected chi connectivity index (χ3v) is 4.22. The van der Waals surface area contributed by atoms with Crippen molar-refractivity contribution in [2.75, 3.05) is 0 Å². The second kappa shape index (κ2) is 7.09. The van der Waals surface area contributed by atoms with Gasteiger partial charge in [0.25, 0.3) is 0 Å². The summed E-state index contributed by atoms with van der Waals surface area (Å²) >= 11 is 1.50. The summed E-state index contributed by atoms with van der Waals surface area (Å²) in [6.07, 6.45) is 7.12. The van der Waals surface area contributed by atoms with E-state index in [4.69, 9.17) is 5.11 Å². The van der Waals surface area contributed by atoms with Crippen LogP contribution in [0, 0.1) is 0 Å². The van der Waals surface area contributed by atoms with E-state index in [0.29, 0.717) is 12.6 Å². The molecule has 0 bridgehead atoms. The second-order valence-corrected chi connectivity index (χ2v) is 5.78. The number of urea groups is 1. The van der Waals surface area contributed by atoms with Crippen molar-refractivity contribution in [1.82, 2.24) is 10.6 Å². The summed E-state index contributed by atoms with van der Waals surface area (Å²) in [4.78, 5) is 23.2. The molecule has 108 valence electrons. The zero-order valence-electron chi connectivity index (χ0n) is 11.1. The topological polar surface area (TPSA) is 78.4 Å². The lowest BCUT2D eigenvalue weighted by Crippen LogP contribution is -2.40.